The molecule has 5 rings (SSSR count). The minimum Gasteiger partial charge on any atom is -0.321 e. The molecule has 8 heteroatoms. The molecular formula is C30H31ClN6O. The Balaban J connectivity index is 1.75. The van der Waals surface area contributed by atoms with E-state index in [0.29, 0.717) is 29.5 Å². The number of halogens is 1. The van der Waals surface area contributed by atoms with Crippen LogP contribution in [0.2, 0.25) is 5.02 Å². The van der Waals surface area contributed by atoms with Crippen LogP contribution < -0.4 is 5.56 Å². The third kappa shape index (κ3) is 5.26. The number of nitrogens with one attached hydrogen (secondary N) is 1. The SMILES string of the molecule is Cc1cccc2cc([C@@H](c3nnnn3C(C)(C)C)N(Cc3ccccc3)Cc3ccccc3Cl)c(=O)[nH]c12. The highest BCUT2D eigenvalue weighted by Crippen LogP contribution is 2.33. The van der Waals surface area contributed by atoms with Gasteiger partial charge in [-0.3, -0.25) is 9.69 Å². The molecule has 5 aromatic rings. The van der Waals surface area contributed by atoms with E-state index in [1.807, 2.05) is 99.1 Å². The van der Waals surface area contributed by atoms with Crippen molar-refractivity contribution in [3.8, 4) is 0 Å². The van der Waals surface area contributed by atoms with Crippen LogP contribution in [-0.2, 0) is 18.6 Å². The highest BCUT2D eigenvalue weighted by molar-refractivity contribution is 6.31. The topological polar surface area (TPSA) is 79.7 Å². The molecule has 0 amide bonds. The number of fused-ring (bicyclic) bond motifs is 1. The van der Waals surface area contributed by atoms with Crippen molar-refractivity contribution < 1.29 is 0 Å². The number of hydrogen-bond donors (Lipinski definition) is 1. The summed E-state index contributed by atoms with van der Waals surface area (Å²) in [6.45, 7) is 9.18. The summed E-state index contributed by atoms with van der Waals surface area (Å²) < 4.78 is 1.81. The number of aryl methyl sites for hydroxylation is 1. The highest BCUT2D eigenvalue weighted by atomic mass is 35.5. The van der Waals surface area contributed by atoms with Gasteiger partial charge in [0.1, 0.15) is 6.04 Å². The zero-order valence-corrected chi connectivity index (χ0v) is 22.8. The van der Waals surface area contributed by atoms with Gasteiger partial charge in [0.15, 0.2) is 5.82 Å². The number of H-pyrrole nitrogens is 1. The molecule has 0 aliphatic carbocycles. The summed E-state index contributed by atoms with van der Waals surface area (Å²) >= 11 is 6.64. The summed E-state index contributed by atoms with van der Waals surface area (Å²) in [4.78, 5) is 19.1. The van der Waals surface area contributed by atoms with Crippen molar-refractivity contribution in [3.63, 3.8) is 0 Å². The maximum atomic E-state index is 13.8. The molecule has 0 bridgehead atoms. The van der Waals surface area contributed by atoms with Crippen molar-refractivity contribution in [1.82, 2.24) is 30.1 Å². The number of nitrogens with zero attached hydrogens (tertiary/aromatic N) is 5. The molecule has 2 aromatic heterocycles. The number of rotatable bonds is 7. The van der Waals surface area contributed by atoms with Gasteiger partial charge in [-0.15, -0.1) is 5.10 Å². The summed E-state index contributed by atoms with van der Waals surface area (Å²) in [6.07, 6.45) is 0. The summed E-state index contributed by atoms with van der Waals surface area (Å²) in [7, 11) is 0. The Kier molecular flexibility index (Phi) is 7.15. The van der Waals surface area contributed by atoms with E-state index in [0.717, 1.165) is 27.6 Å². The van der Waals surface area contributed by atoms with Crippen LogP contribution in [0.4, 0.5) is 0 Å². The summed E-state index contributed by atoms with van der Waals surface area (Å²) in [5, 5.41) is 14.5. The smallest absolute Gasteiger partial charge is 0.253 e. The van der Waals surface area contributed by atoms with Crippen LogP contribution in [0.1, 0.15) is 54.9 Å². The Morgan fingerprint density at radius 3 is 2.45 bits per heavy atom. The maximum Gasteiger partial charge on any atom is 0.253 e. The third-order valence-corrected chi connectivity index (χ3v) is 7.08. The Labute approximate surface area is 227 Å². The van der Waals surface area contributed by atoms with Crippen LogP contribution in [0.5, 0.6) is 0 Å². The van der Waals surface area contributed by atoms with Crippen LogP contribution in [-0.4, -0.2) is 30.1 Å². The molecule has 0 aliphatic rings. The molecule has 194 valence electrons. The van der Waals surface area contributed by atoms with E-state index in [-0.39, 0.29) is 5.56 Å². The zero-order chi connectivity index (χ0) is 26.9. The second-order valence-electron chi connectivity index (χ2n) is 10.6. The fraction of sp³-hybridized carbons (Fsp3) is 0.267. The first-order valence-corrected chi connectivity index (χ1v) is 13.0. The molecule has 0 saturated heterocycles. The van der Waals surface area contributed by atoms with Crippen LogP contribution in [0, 0.1) is 6.92 Å². The molecule has 1 N–H and O–H groups in total. The zero-order valence-electron chi connectivity index (χ0n) is 22.0. The Morgan fingerprint density at radius 1 is 0.974 bits per heavy atom. The van der Waals surface area contributed by atoms with E-state index >= 15 is 0 Å². The van der Waals surface area contributed by atoms with Crippen molar-refractivity contribution in [2.24, 2.45) is 0 Å². The highest BCUT2D eigenvalue weighted by Gasteiger charge is 2.34. The second kappa shape index (κ2) is 10.5. The molecule has 3 aromatic carbocycles. The molecule has 38 heavy (non-hydrogen) atoms. The van der Waals surface area contributed by atoms with Crippen molar-refractivity contribution in [2.75, 3.05) is 0 Å². The lowest BCUT2D eigenvalue weighted by molar-refractivity contribution is 0.184. The molecule has 1 atom stereocenters. The number of benzene rings is 3. The van der Waals surface area contributed by atoms with Gasteiger partial charge in [-0.1, -0.05) is 78.3 Å². The van der Waals surface area contributed by atoms with Gasteiger partial charge in [0.25, 0.3) is 5.56 Å². The van der Waals surface area contributed by atoms with Crippen LogP contribution in [0.25, 0.3) is 10.9 Å². The lowest BCUT2D eigenvalue weighted by Crippen LogP contribution is -2.37. The quantitative estimate of drug-likeness (QED) is 0.280. The predicted octanol–water partition coefficient (Wildman–Crippen LogP) is 6.02. The number of hydrogen-bond acceptors (Lipinski definition) is 5. The first kappa shape index (κ1) is 25.8. The first-order valence-electron chi connectivity index (χ1n) is 12.6. The Morgan fingerprint density at radius 2 is 1.71 bits per heavy atom. The summed E-state index contributed by atoms with van der Waals surface area (Å²) in [5.41, 5.74) is 3.91. The molecule has 2 heterocycles. The minimum absolute atomic E-state index is 0.169. The van der Waals surface area contributed by atoms with Gasteiger partial charge in [0.2, 0.25) is 0 Å². The molecule has 7 nitrogen and oxygen atoms in total. The van der Waals surface area contributed by atoms with Gasteiger partial charge < -0.3 is 4.98 Å². The molecule has 0 saturated carbocycles. The van der Waals surface area contributed by atoms with Crippen molar-refractivity contribution in [2.45, 2.75) is 52.4 Å². The first-order chi connectivity index (χ1) is 18.2. The lowest BCUT2D eigenvalue weighted by atomic mass is 9.99. The van der Waals surface area contributed by atoms with Crippen molar-refractivity contribution in [3.05, 3.63) is 122 Å². The summed E-state index contributed by atoms with van der Waals surface area (Å²) in [5.74, 6) is 0.595. The van der Waals surface area contributed by atoms with Crippen LogP contribution in [0.3, 0.4) is 0 Å². The summed E-state index contributed by atoms with van der Waals surface area (Å²) in [6, 6.07) is 25.4. The number of para-hydroxylation sites is 1. The number of aromatic nitrogens is 5. The number of aromatic amines is 1. The van der Waals surface area contributed by atoms with Gasteiger partial charge in [-0.25, -0.2) is 4.68 Å². The van der Waals surface area contributed by atoms with Gasteiger partial charge in [0, 0.05) is 23.7 Å². The fourth-order valence-electron chi connectivity index (χ4n) is 4.85. The number of pyridine rings is 1. The van der Waals surface area contributed by atoms with E-state index in [2.05, 4.69) is 37.5 Å². The van der Waals surface area contributed by atoms with Gasteiger partial charge in [-0.2, -0.15) is 0 Å². The van der Waals surface area contributed by atoms with E-state index in [1.165, 1.54) is 0 Å². The normalized spacial score (nSPS) is 12.8. The molecule has 0 aliphatic heterocycles. The molecule has 0 unspecified atom stereocenters. The Hall–Kier alpha value is -3.81. The minimum atomic E-state index is -0.547. The fourth-order valence-corrected chi connectivity index (χ4v) is 5.04. The Bertz CT molecular complexity index is 1620. The van der Waals surface area contributed by atoms with Gasteiger partial charge in [-0.05, 0) is 72.3 Å². The van der Waals surface area contributed by atoms with E-state index in [4.69, 9.17) is 11.6 Å². The predicted molar refractivity (Wildman–Crippen MR) is 151 cm³/mol. The van der Waals surface area contributed by atoms with Crippen LogP contribution in [0.15, 0.2) is 83.7 Å². The second-order valence-corrected chi connectivity index (χ2v) is 11.0. The molecular weight excluding hydrogens is 496 g/mol. The standard InChI is InChI=1S/C30H31ClN6O/c1-20-11-10-15-22-17-24(29(38)32-26(20)22)27(28-33-34-35-37(28)30(2,3)4)36(18-21-12-6-5-7-13-21)19-23-14-8-9-16-25(23)31/h5-17,27H,18-19H2,1-4H3,(H,32,38)/t27-/m0/s1. The molecule has 0 spiro atoms. The van der Waals surface area contributed by atoms with Crippen molar-refractivity contribution >= 4 is 22.5 Å². The van der Waals surface area contributed by atoms with E-state index < -0.39 is 11.6 Å². The van der Waals surface area contributed by atoms with Gasteiger partial charge in [0.05, 0.1) is 11.1 Å². The molecule has 0 fully saturated rings. The van der Waals surface area contributed by atoms with E-state index in [1.54, 1.807) is 0 Å². The average molecular weight is 527 g/mol. The van der Waals surface area contributed by atoms with Crippen LogP contribution >= 0.6 is 11.6 Å². The van der Waals surface area contributed by atoms with Crippen molar-refractivity contribution in [1.29, 1.82) is 0 Å². The van der Waals surface area contributed by atoms with E-state index in [9.17, 15) is 4.79 Å². The monoisotopic (exact) mass is 526 g/mol. The average Bonchev–Trinajstić information content (AvgIpc) is 3.37. The van der Waals surface area contributed by atoms with Gasteiger partial charge >= 0.3 is 0 Å². The largest absolute Gasteiger partial charge is 0.321 e. The molecule has 0 radical (unpaired) electrons. The lowest BCUT2D eigenvalue weighted by Gasteiger charge is -2.33. The maximum absolute atomic E-state index is 13.8. The third-order valence-electron chi connectivity index (χ3n) is 6.71. The number of tetrazole rings is 1.